The van der Waals surface area contributed by atoms with Crippen LogP contribution >= 0.6 is 11.8 Å². The Bertz CT molecular complexity index is 332. The molecule has 6 heteroatoms. The van der Waals surface area contributed by atoms with Crippen molar-refractivity contribution in [2.75, 3.05) is 43.9 Å². The SMILES string of the molecule is CSC1CNCC1N1CCCS(=O)(=O)CC1. The molecule has 1 N–H and O–H groups in total. The number of hydrogen-bond donors (Lipinski definition) is 1. The van der Waals surface area contributed by atoms with Gasteiger partial charge >= 0.3 is 0 Å². The van der Waals surface area contributed by atoms with E-state index in [9.17, 15) is 8.42 Å². The van der Waals surface area contributed by atoms with Crippen LogP contribution in [0.2, 0.25) is 0 Å². The fraction of sp³-hybridized carbons (Fsp3) is 1.00. The van der Waals surface area contributed by atoms with Gasteiger partial charge in [-0.1, -0.05) is 0 Å². The Labute approximate surface area is 102 Å². The van der Waals surface area contributed by atoms with E-state index in [1.54, 1.807) is 0 Å². The van der Waals surface area contributed by atoms with Crippen molar-refractivity contribution in [1.82, 2.24) is 10.2 Å². The quantitative estimate of drug-likeness (QED) is 0.749. The second-order valence-electron chi connectivity index (χ2n) is 4.54. The van der Waals surface area contributed by atoms with Gasteiger partial charge < -0.3 is 5.32 Å². The van der Waals surface area contributed by atoms with Gasteiger partial charge in [0.15, 0.2) is 9.84 Å². The summed E-state index contributed by atoms with van der Waals surface area (Å²) >= 11 is 1.89. The van der Waals surface area contributed by atoms with Crippen LogP contribution in [0.3, 0.4) is 0 Å². The van der Waals surface area contributed by atoms with E-state index in [4.69, 9.17) is 0 Å². The molecule has 0 aromatic rings. The standard InChI is InChI=1S/C10H20N2O2S2/c1-15-10-8-11-7-9(10)12-3-2-5-16(13,14)6-4-12/h9-11H,2-8H2,1H3. The number of nitrogens with one attached hydrogen (secondary N) is 1. The Morgan fingerprint density at radius 2 is 2.06 bits per heavy atom. The van der Waals surface area contributed by atoms with Crippen LogP contribution in [-0.2, 0) is 9.84 Å². The molecule has 2 saturated heterocycles. The van der Waals surface area contributed by atoms with E-state index >= 15 is 0 Å². The van der Waals surface area contributed by atoms with E-state index < -0.39 is 9.84 Å². The fourth-order valence-electron chi connectivity index (χ4n) is 2.54. The van der Waals surface area contributed by atoms with Crippen molar-refractivity contribution in [3.8, 4) is 0 Å². The lowest BCUT2D eigenvalue weighted by Gasteiger charge is -2.30. The summed E-state index contributed by atoms with van der Waals surface area (Å²) in [5.74, 6) is 0.707. The molecular weight excluding hydrogens is 244 g/mol. The van der Waals surface area contributed by atoms with Crippen molar-refractivity contribution < 1.29 is 8.42 Å². The minimum atomic E-state index is -2.77. The van der Waals surface area contributed by atoms with E-state index in [0.717, 1.165) is 26.1 Å². The zero-order valence-electron chi connectivity index (χ0n) is 9.68. The molecule has 2 heterocycles. The lowest BCUT2D eigenvalue weighted by molar-refractivity contribution is 0.228. The highest BCUT2D eigenvalue weighted by Gasteiger charge is 2.33. The van der Waals surface area contributed by atoms with Crippen LogP contribution in [0, 0.1) is 0 Å². The lowest BCUT2D eigenvalue weighted by Crippen LogP contribution is -2.43. The molecule has 0 radical (unpaired) electrons. The van der Waals surface area contributed by atoms with Gasteiger partial charge in [0.1, 0.15) is 0 Å². The highest BCUT2D eigenvalue weighted by Crippen LogP contribution is 2.21. The third kappa shape index (κ3) is 2.91. The summed E-state index contributed by atoms with van der Waals surface area (Å²) in [6, 6.07) is 0.517. The van der Waals surface area contributed by atoms with Crippen LogP contribution in [0.5, 0.6) is 0 Å². The highest BCUT2D eigenvalue weighted by molar-refractivity contribution is 7.99. The van der Waals surface area contributed by atoms with Crippen LogP contribution in [0.15, 0.2) is 0 Å². The van der Waals surface area contributed by atoms with Gasteiger partial charge in [-0.3, -0.25) is 4.90 Å². The Balaban J connectivity index is 1.99. The topological polar surface area (TPSA) is 49.4 Å². The number of rotatable bonds is 2. The van der Waals surface area contributed by atoms with Crippen LogP contribution in [0.4, 0.5) is 0 Å². The van der Waals surface area contributed by atoms with Crippen LogP contribution in [-0.4, -0.2) is 68.5 Å². The predicted molar refractivity (Wildman–Crippen MR) is 68.8 cm³/mol. The van der Waals surface area contributed by atoms with Gasteiger partial charge in [0.05, 0.1) is 11.5 Å². The Morgan fingerprint density at radius 1 is 1.25 bits per heavy atom. The largest absolute Gasteiger partial charge is 0.314 e. The molecule has 0 aromatic carbocycles. The first-order valence-corrected chi connectivity index (χ1v) is 8.91. The average Bonchev–Trinajstić information content (AvgIpc) is 2.63. The first-order chi connectivity index (χ1) is 7.62. The molecule has 2 atom stereocenters. The Kier molecular flexibility index (Phi) is 4.15. The summed E-state index contributed by atoms with van der Waals surface area (Å²) in [4.78, 5) is 2.37. The van der Waals surface area contributed by atoms with E-state index in [1.165, 1.54) is 0 Å². The minimum Gasteiger partial charge on any atom is -0.314 e. The van der Waals surface area contributed by atoms with Crippen molar-refractivity contribution >= 4 is 21.6 Å². The molecule has 94 valence electrons. The van der Waals surface area contributed by atoms with Gasteiger partial charge in [0.2, 0.25) is 0 Å². The summed E-state index contributed by atoms with van der Waals surface area (Å²) in [5.41, 5.74) is 0. The smallest absolute Gasteiger partial charge is 0.151 e. The molecule has 4 nitrogen and oxygen atoms in total. The number of thioether (sulfide) groups is 1. The third-order valence-corrected chi connectivity index (χ3v) is 6.29. The monoisotopic (exact) mass is 264 g/mol. The summed E-state index contributed by atoms with van der Waals surface area (Å²) < 4.78 is 23.1. The Morgan fingerprint density at radius 3 is 2.81 bits per heavy atom. The van der Waals surface area contributed by atoms with Crippen LogP contribution in [0.25, 0.3) is 0 Å². The summed E-state index contributed by atoms with van der Waals surface area (Å²) in [6.45, 7) is 3.70. The fourth-order valence-corrected chi connectivity index (χ4v) is 4.69. The maximum absolute atomic E-state index is 11.5. The first kappa shape index (κ1) is 12.7. The maximum atomic E-state index is 11.5. The van der Waals surface area contributed by atoms with E-state index in [-0.39, 0.29) is 0 Å². The van der Waals surface area contributed by atoms with Gasteiger partial charge in [0, 0.05) is 30.9 Å². The normalized spacial score (nSPS) is 36.1. The number of sulfone groups is 1. The molecule has 2 aliphatic heterocycles. The molecule has 16 heavy (non-hydrogen) atoms. The average molecular weight is 264 g/mol. The maximum Gasteiger partial charge on any atom is 0.151 e. The second kappa shape index (κ2) is 5.25. The zero-order chi connectivity index (χ0) is 11.6. The number of nitrogens with zero attached hydrogens (tertiary/aromatic N) is 1. The summed E-state index contributed by atoms with van der Waals surface area (Å²) in [7, 11) is -2.77. The third-order valence-electron chi connectivity index (χ3n) is 3.49. The lowest BCUT2D eigenvalue weighted by atomic mass is 10.2. The Hall–Kier alpha value is 0.220. The van der Waals surface area contributed by atoms with Crippen molar-refractivity contribution in [2.45, 2.75) is 17.7 Å². The van der Waals surface area contributed by atoms with Gasteiger partial charge in [0.25, 0.3) is 0 Å². The predicted octanol–water partition coefficient (Wildman–Crippen LogP) is -0.190. The van der Waals surface area contributed by atoms with Crippen molar-refractivity contribution in [2.24, 2.45) is 0 Å². The van der Waals surface area contributed by atoms with Crippen LogP contribution in [0.1, 0.15) is 6.42 Å². The van der Waals surface area contributed by atoms with Crippen molar-refractivity contribution in [3.63, 3.8) is 0 Å². The first-order valence-electron chi connectivity index (χ1n) is 5.80. The van der Waals surface area contributed by atoms with E-state index in [2.05, 4.69) is 16.5 Å². The minimum absolute atomic E-state index is 0.338. The molecule has 2 rings (SSSR count). The number of hydrogen-bond acceptors (Lipinski definition) is 5. The van der Waals surface area contributed by atoms with Gasteiger partial charge in [-0.15, -0.1) is 0 Å². The van der Waals surface area contributed by atoms with Crippen molar-refractivity contribution in [3.05, 3.63) is 0 Å². The molecular formula is C10H20N2O2S2. The molecule has 0 saturated carbocycles. The highest BCUT2D eigenvalue weighted by atomic mass is 32.2. The molecule has 2 unspecified atom stereocenters. The molecule has 0 aromatic heterocycles. The van der Waals surface area contributed by atoms with Crippen molar-refractivity contribution in [1.29, 1.82) is 0 Å². The molecule has 0 amide bonds. The van der Waals surface area contributed by atoms with E-state index in [0.29, 0.717) is 29.3 Å². The van der Waals surface area contributed by atoms with Gasteiger partial charge in [-0.2, -0.15) is 11.8 Å². The molecule has 0 aliphatic carbocycles. The molecule has 0 spiro atoms. The van der Waals surface area contributed by atoms with Gasteiger partial charge in [-0.05, 0) is 19.2 Å². The molecule has 0 bridgehead atoms. The zero-order valence-corrected chi connectivity index (χ0v) is 11.3. The molecule has 2 aliphatic rings. The summed E-state index contributed by atoms with van der Waals surface area (Å²) in [6.07, 6.45) is 2.93. The summed E-state index contributed by atoms with van der Waals surface area (Å²) in [5, 5.41) is 4.01. The second-order valence-corrected chi connectivity index (χ2v) is 7.92. The molecule has 2 fully saturated rings. The van der Waals surface area contributed by atoms with Gasteiger partial charge in [-0.25, -0.2) is 8.42 Å². The van der Waals surface area contributed by atoms with Crippen LogP contribution < -0.4 is 5.32 Å². The van der Waals surface area contributed by atoms with E-state index in [1.807, 2.05) is 11.8 Å².